The van der Waals surface area contributed by atoms with Crippen molar-refractivity contribution in [2.24, 2.45) is 0 Å². The van der Waals surface area contributed by atoms with Gasteiger partial charge in [0, 0.05) is 16.9 Å². The highest BCUT2D eigenvalue weighted by molar-refractivity contribution is 7.99. The van der Waals surface area contributed by atoms with Crippen LogP contribution in [0.15, 0.2) is 9.95 Å². The summed E-state index contributed by atoms with van der Waals surface area (Å²) in [6.07, 6.45) is 1.61. The first kappa shape index (κ1) is 14.1. The third-order valence-corrected chi connectivity index (χ3v) is 5.69. The number of hydrogen-bond acceptors (Lipinski definition) is 5. The fraction of sp³-hybridized carbons (Fsp3) is 0.571. The summed E-state index contributed by atoms with van der Waals surface area (Å²) in [7, 11) is 0. The summed E-state index contributed by atoms with van der Waals surface area (Å²) in [6.45, 7) is 6.78. The Morgan fingerprint density at radius 2 is 2.30 bits per heavy atom. The Bertz CT molecular complexity index is 707. The zero-order valence-electron chi connectivity index (χ0n) is 11.9. The number of nitrogens with zero attached hydrogens (tertiary/aromatic N) is 1. The van der Waals surface area contributed by atoms with E-state index in [-0.39, 0.29) is 11.0 Å². The van der Waals surface area contributed by atoms with Gasteiger partial charge < -0.3 is 9.72 Å². The SMILES string of the molecule is CCSc1nc2sc3c(c(=O)c2[nH]1)CC(C)(CC)OC3. The molecule has 2 aromatic rings. The second-order valence-electron chi connectivity index (χ2n) is 5.26. The predicted molar refractivity (Wildman–Crippen MR) is 83.8 cm³/mol. The molecule has 0 amide bonds. The van der Waals surface area contributed by atoms with Gasteiger partial charge >= 0.3 is 0 Å². The van der Waals surface area contributed by atoms with Gasteiger partial charge in [0.25, 0.3) is 0 Å². The maximum absolute atomic E-state index is 12.7. The molecule has 0 aliphatic carbocycles. The normalized spacial score (nSPS) is 22.1. The Morgan fingerprint density at radius 1 is 1.50 bits per heavy atom. The Hall–Kier alpha value is -0.850. The van der Waals surface area contributed by atoms with Gasteiger partial charge in [0.05, 0.1) is 12.2 Å². The van der Waals surface area contributed by atoms with E-state index < -0.39 is 0 Å². The van der Waals surface area contributed by atoms with E-state index in [1.54, 1.807) is 23.1 Å². The maximum atomic E-state index is 12.7. The zero-order chi connectivity index (χ0) is 14.3. The van der Waals surface area contributed by atoms with Crippen LogP contribution in [-0.2, 0) is 17.8 Å². The minimum atomic E-state index is -0.215. The molecule has 0 bridgehead atoms. The van der Waals surface area contributed by atoms with E-state index in [2.05, 4.69) is 30.7 Å². The molecule has 1 unspecified atom stereocenters. The Balaban J connectivity index is 2.13. The van der Waals surface area contributed by atoms with Gasteiger partial charge in [-0.3, -0.25) is 4.79 Å². The molecule has 3 heterocycles. The van der Waals surface area contributed by atoms with Crippen LogP contribution in [-0.4, -0.2) is 21.3 Å². The molecule has 0 spiro atoms. The number of aromatic amines is 1. The maximum Gasteiger partial charge on any atom is 0.209 e. The predicted octanol–water partition coefficient (Wildman–Crippen LogP) is 3.34. The monoisotopic (exact) mass is 310 g/mol. The Kier molecular flexibility index (Phi) is 3.64. The lowest BCUT2D eigenvalue weighted by molar-refractivity contribution is -0.0550. The smallest absolute Gasteiger partial charge is 0.209 e. The van der Waals surface area contributed by atoms with Crippen LogP contribution in [0.2, 0.25) is 0 Å². The summed E-state index contributed by atoms with van der Waals surface area (Å²) in [5, 5.41) is 0.831. The number of ether oxygens (including phenoxy) is 1. The molecule has 2 aromatic heterocycles. The molecule has 3 rings (SSSR count). The van der Waals surface area contributed by atoms with Crippen molar-refractivity contribution >= 4 is 33.4 Å². The molecule has 1 atom stereocenters. The molecule has 108 valence electrons. The largest absolute Gasteiger partial charge is 0.369 e. The van der Waals surface area contributed by atoms with Crippen molar-refractivity contribution in [3.63, 3.8) is 0 Å². The first-order chi connectivity index (χ1) is 9.56. The van der Waals surface area contributed by atoms with Crippen LogP contribution >= 0.6 is 23.1 Å². The average Bonchev–Trinajstić information content (AvgIpc) is 2.84. The summed E-state index contributed by atoms with van der Waals surface area (Å²) in [5.41, 5.74) is 1.46. The third-order valence-electron chi connectivity index (χ3n) is 3.84. The second kappa shape index (κ2) is 5.16. The highest BCUT2D eigenvalue weighted by atomic mass is 32.2. The fourth-order valence-electron chi connectivity index (χ4n) is 2.41. The number of nitrogens with one attached hydrogen (secondary N) is 1. The van der Waals surface area contributed by atoms with Gasteiger partial charge in [-0.1, -0.05) is 25.6 Å². The summed E-state index contributed by atoms with van der Waals surface area (Å²) in [6, 6.07) is 0. The molecule has 1 aliphatic rings. The molecular weight excluding hydrogens is 292 g/mol. The van der Waals surface area contributed by atoms with Gasteiger partial charge in [0.15, 0.2) is 5.16 Å². The van der Waals surface area contributed by atoms with E-state index in [4.69, 9.17) is 4.74 Å². The second-order valence-corrected chi connectivity index (χ2v) is 7.59. The summed E-state index contributed by atoms with van der Waals surface area (Å²) in [4.78, 5) is 22.2. The molecule has 4 nitrogen and oxygen atoms in total. The number of thioether (sulfide) groups is 1. The van der Waals surface area contributed by atoms with Gasteiger partial charge in [0.2, 0.25) is 5.43 Å². The summed E-state index contributed by atoms with van der Waals surface area (Å²) >= 11 is 3.21. The van der Waals surface area contributed by atoms with Gasteiger partial charge in [0.1, 0.15) is 10.3 Å². The minimum absolute atomic E-state index is 0.104. The van der Waals surface area contributed by atoms with E-state index in [0.717, 1.165) is 32.6 Å². The molecule has 0 aromatic carbocycles. The molecular formula is C14H18N2O2S2. The fourth-order valence-corrected chi connectivity index (χ4v) is 4.10. The number of H-pyrrole nitrogens is 1. The molecule has 1 aliphatic heterocycles. The van der Waals surface area contributed by atoms with Gasteiger partial charge in [-0.15, -0.1) is 11.3 Å². The van der Waals surface area contributed by atoms with Crippen LogP contribution in [0, 0.1) is 0 Å². The highest BCUT2D eigenvalue weighted by Gasteiger charge is 2.32. The van der Waals surface area contributed by atoms with Crippen molar-refractivity contribution in [3.8, 4) is 0 Å². The average molecular weight is 310 g/mol. The van der Waals surface area contributed by atoms with E-state index in [1.165, 1.54) is 0 Å². The first-order valence-corrected chi connectivity index (χ1v) is 8.68. The number of fused-ring (bicyclic) bond motifs is 2. The van der Waals surface area contributed by atoms with Crippen molar-refractivity contribution < 1.29 is 4.74 Å². The topological polar surface area (TPSA) is 55.0 Å². The van der Waals surface area contributed by atoms with Gasteiger partial charge in [-0.05, 0) is 19.1 Å². The van der Waals surface area contributed by atoms with Gasteiger partial charge in [-0.25, -0.2) is 4.98 Å². The van der Waals surface area contributed by atoms with Crippen LogP contribution < -0.4 is 5.43 Å². The Labute approximate surface area is 126 Å². The number of rotatable bonds is 3. The van der Waals surface area contributed by atoms with Crippen LogP contribution in [0.5, 0.6) is 0 Å². The van der Waals surface area contributed by atoms with Crippen LogP contribution in [0.25, 0.3) is 10.3 Å². The lowest BCUT2D eigenvalue weighted by Gasteiger charge is -2.33. The third kappa shape index (κ3) is 2.29. The van der Waals surface area contributed by atoms with Crippen molar-refractivity contribution in [1.82, 2.24) is 9.97 Å². The van der Waals surface area contributed by atoms with Crippen molar-refractivity contribution in [3.05, 3.63) is 20.7 Å². The molecule has 0 fully saturated rings. The molecule has 0 saturated heterocycles. The van der Waals surface area contributed by atoms with Gasteiger partial charge in [-0.2, -0.15) is 0 Å². The van der Waals surface area contributed by atoms with E-state index in [0.29, 0.717) is 18.5 Å². The van der Waals surface area contributed by atoms with E-state index >= 15 is 0 Å². The summed E-state index contributed by atoms with van der Waals surface area (Å²) < 4.78 is 5.93. The van der Waals surface area contributed by atoms with Crippen molar-refractivity contribution in [2.75, 3.05) is 5.75 Å². The molecule has 0 radical (unpaired) electrons. The molecule has 0 saturated carbocycles. The molecule has 20 heavy (non-hydrogen) atoms. The molecule has 6 heteroatoms. The van der Waals surface area contributed by atoms with Crippen LogP contribution in [0.4, 0.5) is 0 Å². The lowest BCUT2D eigenvalue weighted by atomic mass is 9.91. The standard InChI is InChI=1S/C14H18N2O2S2/c1-4-14(3)6-8-9(7-18-14)20-12-10(11(8)17)15-13(16-12)19-5-2/h4-7H2,1-3H3,(H,15,16). The van der Waals surface area contributed by atoms with Crippen LogP contribution in [0.1, 0.15) is 37.6 Å². The zero-order valence-corrected chi connectivity index (χ0v) is 13.5. The lowest BCUT2D eigenvalue weighted by Crippen LogP contribution is -2.37. The minimum Gasteiger partial charge on any atom is -0.369 e. The number of imidazole rings is 1. The molecule has 1 N–H and O–H groups in total. The van der Waals surface area contributed by atoms with Crippen LogP contribution in [0.3, 0.4) is 0 Å². The quantitative estimate of drug-likeness (QED) is 0.883. The number of aromatic nitrogens is 2. The van der Waals surface area contributed by atoms with Crippen molar-refractivity contribution in [2.45, 2.75) is 51.0 Å². The first-order valence-electron chi connectivity index (χ1n) is 6.87. The summed E-state index contributed by atoms with van der Waals surface area (Å²) in [5.74, 6) is 0.940. The Morgan fingerprint density at radius 3 is 3.00 bits per heavy atom. The van der Waals surface area contributed by atoms with E-state index in [1.807, 2.05) is 0 Å². The number of hydrogen-bond donors (Lipinski definition) is 1. The highest BCUT2D eigenvalue weighted by Crippen LogP contribution is 2.33. The van der Waals surface area contributed by atoms with E-state index in [9.17, 15) is 4.79 Å². The van der Waals surface area contributed by atoms with Crippen molar-refractivity contribution in [1.29, 1.82) is 0 Å².